The van der Waals surface area contributed by atoms with Crippen molar-refractivity contribution in [1.82, 2.24) is 0 Å². The molecule has 6 rings (SSSR count). The molecule has 0 bridgehead atoms. The van der Waals surface area contributed by atoms with E-state index in [0.29, 0.717) is 0 Å². The van der Waals surface area contributed by atoms with Crippen molar-refractivity contribution in [2.24, 2.45) is 0 Å². The van der Waals surface area contributed by atoms with Crippen molar-refractivity contribution in [3.05, 3.63) is 203 Å². The normalized spacial score (nSPS) is 14.4. The smallest absolute Gasteiger partial charge is 0.0713 e. The van der Waals surface area contributed by atoms with Crippen LogP contribution in [0.1, 0.15) is 55.5 Å². The molecule has 1 aliphatic carbocycles. The third-order valence-electron chi connectivity index (χ3n) is 8.82. The van der Waals surface area contributed by atoms with Gasteiger partial charge in [0.2, 0.25) is 0 Å². The molecule has 0 saturated carbocycles. The fraction of sp³-hybridized carbons (Fsp3) is 0.111. The first-order valence-electron chi connectivity index (χ1n) is 15.8. The summed E-state index contributed by atoms with van der Waals surface area (Å²) in [6.07, 6.45) is 15.1. The molecule has 220 valence electrons. The van der Waals surface area contributed by atoms with Gasteiger partial charge in [-0.15, -0.1) is 0 Å². The molecule has 5 aromatic rings. The molecule has 0 saturated heterocycles. The van der Waals surface area contributed by atoms with Gasteiger partial charge >= 0.3 is 0 Å². The highest BCUT2D eigenvalue weighted by molar-refractivity contribution is 5.94. The molecule has 0 heterocycles. The zero-order valence-corrected chi connectivity index (χ0v) is 26.7. The van der Waals surface area contributed by atoms with Crippen LogP contribution in [0.25, 0.3) is 33.5 Å². The number of benzene rings is 5. The summed E-state index contributed by atoms with van der Waals surface area (Å²) in [5.74, 6) is 0. The lowest BCUT2D eigenvalue weighted by atomic mass is 9.66. The van der Waals surface area contributed by atoms with Gasteiger partial charge < -0.3 is 0 Å². The molecule has 0 atom stereocenters. The number of hydrogen-bond acceptors (Lipinski definition) is 0. The Hall–Kier alpha value is -5.20. The Morgan fingerprint density at radius 1 is 0.667 bits per heavy atom. The molecular formula is C45H40. The number of fused-ring (bicyclic) bond motifs is 2. The molecular weight excluding hydrogens is 540 g/mol. The van der Waals surface area contributed by atoms with Crippen molar-refractivity contribution >= 4 is 22.4 Å². The molecule has 0 nitrogen and oxygen atoms in total. The second kappa shape index (κ2) is 12.8. The van der Waals surface area contributed by atoms with Crippen molar-refractivity contribution < 1.29 is 0 Å². The van der Waals surface area contributed by atoms with Crippen LogP contribution in [-0.4, -0.2) is 0 Å². The second-order valence-corrected chi connectivity index (χ2v) is 11.9. The van der Waals surface area contributed by atoms with Crippen LogP contribution in [0.2, 0.25) is 0 Å². The predicted octanol–water partition coefficient (Wildman–Crippen LogP) is 12.3. The van der Waals surface area contributed by atoms with Gasteiger partial charge in [0, 0.05) is 0 Å². The molecule has 0 radical (unpaired) electrons. The van der Waals surface area contributed by atoms with Gasteiger partial charge in [-0.05, 0) is 112 Å². The summed E-state index contributed by atoms with van der Waals surface area (Å²) >= 11 is 0. The van der Waals surface area contributed by atoms with Gasteiger partial charge in [0.25, 0.3) is 0 Å². The number of hydrogen-bond donors (Lipinski definition) is 0. The molecule has 0 amide bonds. The highest BCUT2D eigenvalue weighted by Gasteiger charge is 2.46. The van der Waals surface area contributed by atoms with Crippen LogP contribution in [0, 0.1) is 0 Å². The third-order valence-corrected chi connectivity index (χ3v) is 8.82. The van der Waals surface area contributed by atoms with Crippen LogP contribution in [-0.2, 0) is 5.41 Å². The molecule has 0 heteroatoms. The van der Waals surface area contributed by atoms with E-state index in [1.807, 2.05) is 13.0 Å². The van der Waals surface area contributed by atoms with Crippen molar-refractivity contribution in [1.29, 1.82) is 0 Å². The fourth-order valence-corrected chi connectivity index (χ4v) is 6.80. The number of rotatable bonds is 8. The molecule has 5 aromatic carbocycles. The Balaban J connectivity index is 1.52. The van der Waals surface area contributed by atoms with Gasteiger partial charge in [0.05, 0.1) is 5.41 Å². The SMILES string of the molecule is C=CC1=C(C=C(C)C)C(c2ccccc2)(c2ccccc2)c2cc(-c3ccc4cc(/C=C/C(/C=C\C)=C/C)ccc4c3)ccc21. The highest BCUT2D eigenvalue weighted by atomic mass is 14.5. The Morgan fingerprint density at radius 2 is 1.29 bits per heavy atom. The van der Waals surface area contributed by atoms with E-state index < -0.39 is 5.41 Å². The van der Waals surface area contributed by atoms with Gasteiger partial charge in [0.1, 0.15) is 0 Å². The van der Waals surface area contributed by atoms with E-state index in [2.05, 4.69) is 179 Å². The second-order valence-electron chi connectivity index (χ2n) is 11.9. The van der Waals surface area contributed by atoms with Crippen LogP contribution < -0.4 is 0 Å². The lowest BCUT2D eigenvalue weighted by Gasteiger charge is -2.35. The van der Waals surface area contributed by atoms with Crippen LogP contribution >= 0.6 is 0 Å². The summed E-state index contributed by atoms with van der Waals surface area (Å²) < 4.78 is 0. The van der Waals surface area contributed by atoms with Gasteiger partial charge in [-0.2, -0.15) is 0 Å². The molecule has 0 unspecified atom stereocenters. The van der Waals surface area contributed by atoms with Crippen molar-refractivity contribution in [2.75, 3.05) is 0 Å². The topological polar surface area (TPSA) is 0 Å². The van der Waals surface area contributed by atoms with Crippen molar-refractivity contribution in [2.45, 2.75) is 33.1 Å². The monoisotopic (exact) mass is 580 g/mol. The zero-order valence-electron chi connectivity index (χ0n) is 26.7. The van der Waals surface area contributed by atoms with E-state index in [1.54, 1.807) is 0 Å². The summed E-state index contributed by atoms with van der Waals surface area (Å²) in [7, 11) is 0. The van der Waals surface area contributed by atoms with Crippen LogP contribution in [0.5, 0.6) is 0 Å². The zero-order chi connectivity index (χ0) is 31.4. The van der Waals surface area contributed by atoms with Gasteiger partial charge in [-0.3, -0.25) is 0 Å². The maximum absolute atomic E-state index is 4.31. The first-order chi connectivity index (χ1) is 22.0. The highest BCUT2D eigenvalue weighted by Crippen LogP contribution is 2.56. The van der Waals surface area contributed by atoms with Crippen molar-refractivity contribution in [3.8, 4) is 11.1 Å². The van der Waals surface area contributed by atoms with E-state index in [1.165, 1.54) is 72.0 Å². The predicted molar refractivity (Wildman–Crippen MR) is 196 cm³/mol. The minimum absolute atomic E-state index is 0.467. The van der Waals surface area contributed by atoms with E-state index in [-0.39, 0.29) is 0 Å². The van der Waals surface area contributed by atoms with Gasteiger partial charge in [-0.1, -0.05) is 152 Å². The first kappa shape index (κ1) is 29.9. The lowest BCUT2D eigenvalue weighted by Crippen LogP contribution is -2.29. The molecule has 45 heavy (non-hydrogen) atoms. The molecule has 0 fully saturated rings. The Morgan fingerprint density at radius 3 is 1.91 bits per heavy atom. The van der Waals surface area contributed by atoms with Crippen molar-refractivity contribution in [3.63, 3.8) is 0 Å². The van der Waals surface area contributed by atoms with Crippen LogP contribution in [0.3, 0.4) is 0 Å². The van der Waals surface area contributed by atoms with E-state index in [4.69, 9.17) is 0 Å². The minimum Gasteiger partial charge on any atom is -0.0984 e. The van der Waals surface area contributed by atoms with Gasteiger partial charge in [0.15, 0.2) is 0 Å². The number of allylic oxidation sites excluding steroid dienone is 10. The standard InChI is InChI=1S/C45H40/c1-6-15-33(7-2)20-21-34-22-23-36-30-37(25-24-35(36)29-34)38-26-27-42-41(8-3)43(28-32(4)5)45(44(42)31-38,39-16-11-9-12-17-39)40-18-13-10-14-19-40/h6-31H,3H2,1-2,4-5H3/b15-6-,21-20+,33-7+. The molecule has 0 aromatic heterocycles. The lowest BCUT2D eigenvalue weighted by molar-refractivity contribution is 0.760. The van der Waals surface area contributed by atoms with E-state index in [0.717, 1.165) is 0 Å². The maximum atomic E-state index is 4.31. The molecule has 0 aliphatic heterocycles. The fourth-order valence-electron chi connectivity index (χ4n) is 6.80. The quantitative estimate of drug-likeness (QED) is 0.160. The summed E-state index contributed by atoms with van der Waals surface area (Å²) in [5.41, 5.74) is 13.1. The first-order valence-corrected chi connectivity index (χ1v) is 15.8. The Kier molecular flexibility index (Phi) is 8.49. The maximum Gasteiger partial charge on any atom is 0.0713 e. The van der Waals surface area contributed by atoms with Crippen LogP contribution in [0.15, 0.2) is 175 Å². The average molecular weight is 581 g/mol. The van der Waals surface area contributed by atoms with Crippen LogP contribution in [0.4, 0.5) is 0 Å². The Labute approximate surface area is 268 Å². The van der Waals surface area contributed by atoms with Gasteiger partial charge in [-0.25, -0.2) is 0 Å². The molecule has 0 N–H and O–H groups in total. The summed E-state index contributed by atoms with van der Waals surface area (Å²) in [6, 6.07) is 42.4. The third kappa shape index (κ3) is 5.49. The Bertz CT molecular complexity index is 1980. The molecule has 1 aliphatic rings. The van der Waals surface area contributed by atoms with E-state index >= 15 is 0 Å². The molecule has 0 spiro atoms. The minimum atomic E-state index is -0.467. The average Bonchev–Trinajstić information content (AvgIpc) is 3.35. The summed E-state index contributed by atoms with van der Waals surface area (Å²) in [5, 5.41) is 2.47. The van der Waals surface area contributed by atoms with E-state index in [9.17, 15) is 0 Å². The largest absolute Gasteiger partial charge is 0.0984 e. The summed E-state index contributed by atoms with van der Waals surface area (Å²) in [4.78, 5) is 0. The summed E-state index contributed by atoms with van der Waals surface area (Å²) in [6.45, 7) is 12.8.